The van der Waals surface area contributed by atoms with Crippen molar-refractivity contribution in [2.24, 2.45) is 0 Å². The zero-order valence-electron chi connectivity index (χ0n) is 26.4. The minimum atomic E-state index is -0.663. The molecule has 2 aromatic carbocycles. The Morgan fingerprint density at radius 2 is 1.96 bits per heavy atom. The first-order valence-corrected chi connectivity index (χ1v) is 16.1. The van der Waals surface area contributed by atoms with Crippen molar-refractivity contribution in [3.05, 3.63) is 47.2 Å². The molecule has 2 aromatic heterocycles. The second-order valence-corrected chi connectivity index (χ2v) is 13.4. The molecule has 240 valence electrons. The van der Waals surface area contributed by atoms with E-state index < -0.39 is 17.2 Å². The molecule has 0 N–H and O–H groups in total. The Bertz CT molecular complexity index is 1890. The van der Waals surface area contributed by atoms with Gasteiger partial charge in [-0.05, 0) is 63.0 Å². The number of thioether (sulfide) groups is 1. The highest BCUT2D eigenvalue weighted by Gasteiger charge is 2.37. The van der Waals surface area contributed by atoms with E-state index in [1.165, 1.54) is 24.9 Å². The van der Waals surface area contributed by atoms with Crippen molar-refractivity contribution in [3.8, 4) is 29.4 Å². The quantitative estimate of drug-likeness (QED) is 0.0998. The number of amides is 1. The third-order valence-electron chi connectivity index (χ3n) is 8.00. The number of carbonyl (C=O) groups excluding carboxylic acids is 1. The van der Waals surface area contributed by atoms with E-state index in [1.54, 1.807) is 23.1 Å². The van der Waals surface area contributed by atoms with Gasteiger partial charge in [0.2, 0.25) is 0 Å². The lowest BCUT2D eigenvalue weighted by Gasteiger charge is -2.41. The molecule has 0 aliphatic carbocycles. The summed E-state index contributed by atoms with van der Waals surface area (Å²) in [6.45, 7) is 8.80. The molecule has 1 atom stereocenters. The van der Waals surface area contributed by atoms with Crippen LogP contribution < -0.4 is 9.64 Å². The van der Waals surface area contributed by atoms with Crippen molar-refractivity contribution in [1.29, 1.82) is 0 Å². The van der Waals surface area contributed by atoms with Crippen LogP contribution >= 0.6 is 11.8 Å². The lowest BCUT2D eigenvalue weighted by atomic mass is 9.95. The van der Waals surface area contributed by atoms with Gasteiger partial charge in [0.05, 0.1) is 16.6 Å². The van der Waals surface area contributed by atoms with Crippen LogP contribution in [-0.4, -0.2) is 76.9 Å². The van der Waals surface area contributed by atoms with E-state index in [0.29, 0.717) is 76.8 Å². The number of rotatable bonds is 6. The molecule has 0 saturated carbocycles. The monoisotopic (exact) mass is 647 g/mol. The molecule has 2 aliphatic heterocycles. The Labute approximate surface area is 270 Å². The predicted molar refractivity (Wildman–Crippen MR) is 174 cm³/mol. The van der Waals surface area contributed by atoms with Gasteiger partial charge in [0.1, 0.15) is 34.2 Å². The summed E-state index contributed by atoms with van der Waals surface area (Å²) in [4.78, 5) is 31.3. The van der Waals surface area contributed by atoms with Crippen LogP contribution in [-0.2, 0) is 15.9 Å². The molecule has 9 nitrogen and oxygen atoms in total. The number of anilines is 1. The summed E-state index contributed by atoms with van der Waals surface area (Å²) in [5, 5.41) is 1.88. The number of ether oxygens (including phenoxy) is 3. The number of methoxy groups -OCH3 is 1. The van der Waals surface area contributed by atoms with Crippen LogP contribution in [0.5, 0.6) is 5.75 Å². The summed E-state index contributed by atoms with van der Waals surface area (Å²) < 4.78 is 48.5. The number of halogens is 2. The number of benzene rings is 2. The van der Waals surface area contributed by atoms with Gasteiger partial charge in [0.15, 0.2) is 17.8 Å². The Hall–Kier alpha value is -4.21. The fourth-order valence-electron chi connectivity index (χ4n) is 6.09. The fraction of sp³-hybridized carbons (Fsp3) is 0.412. The molecule has 6 rings (SSSR count). The van der Waals surface area contributed by atoms with Crippen LogP contribution in [0.3, 0.4) is 0 Å². The van der Waals surface area contributed by atoms with E-state index in [4.69, 9.17) is 30.6 Å². The second-order valence-electron chi connectivity index (χ2n) is 12.2. The van der Waals surface area contributed by atoms with E-state index in [-0.39, 0.29) is 41.3 Å². The van der Waals surface area contributed by atoms with Gasteiger partial charge in [0.25, 0.3) is 0 Å². The van der Waals surface area contributed by atoms with Crippen LogP contribution in [0.4, 0.5) is 19.4 Å². The molecule has 4 heterocycles. The number of aromatic nitrogens is 3. The Morgan fingerprint density at radius 1 is 1.15 bits per heavy atom. The predicted octanol–water partition coefficient (Wildman–Crippen LogP) is 6.57. The van der Waals surface area contributed by atoms with E-state index >= 15 is 8.78 Å². The molecule has 1 fully saturated rings. The Balaban J connectivity index is 1.54. The van der Waals surface area contributed by atoms with Crippen LogP contribution in [0.25, 0.3) is 32.9 Å². The largest absolute Gasteiger partial charge is 0.468 e. The van der Waals surface area contributed by atoms with Crippen molar-refractivity contribution in [2.45, 2.75) is 57.3 Å². The SMILES string of the molecule is C#Cc1c(F)ccc2cc(OCOC)cc(-c3nc4c5c(nc(SCC)nc5c3F)N3CCN(C(=O)OC(C)(C)C)CC3CC4)c12. The van der Waals surface area contributed by atoms with Gasteiger partial charge in [-0.2, -0.15) is 0 Å². The molecule has 4 aromatic rings. The van der Waals surface area contributed by atoms with Gasteiger partial charge in [-0.1, -0.05) is 30.7 Å². The lowest BCUT2D eigenvalue weighted by Crippen LogP contribution is -2.55. The molecule has 0 radical (unpaired) electrons. The number of carbonyl (C=O) groups is 1. The lowest BCUT2D eigenvalue weighted by molar-refractivity contribution is 0.0212. The average Bonchev–Trinajstić information content (AvgIpc) is 3.17. The van der Waals surface area contributed by atoms with E-state index in [0.717, 1.165) is 0 Å². The standard InChI is InChI=1S/C34H35F2N5O4S/c1-7-22-24(35)11-9-19-15-21(44-18-43-6)16-23(26(19)22)29-28(36)30-27-25(37-29)12-10-20-17-40(33(42)45-34(3,4)5)13-14-41(20)31(27)39-32(38-30)46-8-2/h1,9,11,15-16,20H,8,10,12-14,17-18H2,2-6H3. The number of fused-ring (bicyclic) bond motifs is 3. The van der Waals surface area contributed by atoms with E-state index in [2.05, 4.69) is 15.8 Å². The van der Waals surface area contributed by atoms with Gasteiger partial charge < -0.3 is 24.0 Å². The summed E-state index contributed by atoms with van der Waals surface area (Å²) in [6.07, 6.45) is 6.51. The normalized spacial score (nSPS) is 16.3. The van der Waals surface area contributed by atoms with Crippen molar-refractivity contribution >= 4 is 45.3 Å². The molecular formula is C34H35F2N5O4S. The molecule has 12 heteroatoms. The number of pyridine rings is 1. The fourth-order valence-corrected chi connectivity index (χ4v) is 6.66. The van der Waals surface area contributed by atoms with Crippen molar-refractivity contribution in [2.75, 3.05) is 44.2 Å². The first kappa shape index (κ1) is 31.8. The van der Waals surface area contributed by atoms with Gasteiger partial charge in [0, 0.05) is 43.7 Å². The van der Waals surface area contributed by atoms with Gasteiger partial charge in [-0.3, -0.25) is 0 Å². The zero-order valence-corrected chi connectivity index (χ0v) is 27.3. The van der Waals surface area contributed by atoms with E-state index in [1.807, 2.05) is 27.7 Å². The summed E-state index contributed by atoms with van der Waals surface area (Å²) in [7, 11) is 1.50. The minimum Gasteiger partial charge on any atom is -0.468 e. The second kappa shape index (κ2) is 12.5. The molecule has 0 spiro atoms. The van der Waals surface area contributed by atoms with Crippen molar-refractivity contribution < 1.29 is 27.8 Å². The maximum Gasteiger partial charge on any atom is 0.410 e. The first-order valence-electron chi connectivity index (χ1n) is 15.1. The number of terminal acetylenes is 1. The summed E-state index contributed by atoms with van der Waals surface area (Å²) in [6, 6.07) is 6.07. The van der Waals surface area contributed by atoms with Gasteiger partial charge in [-0.15, -0.1) is 6.42 Å². The average molecular weight is 648 g/mol. The molecule has 2 aliphatic rings. The van der Waals surface area contributed by atoms with Gasteiger partial charge >= 0.3 is 6.09 Å². The van der Waals surface area contributed by atoms with Crippen LogP contribution in [0.15, 0.2) is 29.4 Å². The highest BCUT2D eigenvalue weighted by Crippen LogP contribution is 2.42. The Kier molecular flexibility index (Phi) is 8.65. The number of hydrogen-bond acceptors (Lipinski definition) is 9. The maximum atomic E-state index is 17.0. The molecule has 1 amide bonds. The highest BCUT2D eigenvalue weighted by molar-refractivity contribution is 7.99. The molecule has 46 heavy (non-hydrogen) atoms. The highest BCUT2D eigenvalue weighted by atomic mass is 32.2. The van der Waals surface area contributed by atoms with E-state index in [9.17, 15) is 4.79 Å². The first-order chi connectivity index (χ1) is 22.0. The van der Waals surface area contributed by atoms with Crippen LogP contribution in [0.2, 0.25) is 0 Å². The molecule has 1 unspecified atom stereocenters. The van der Waals surface area contributed by atoms with Crippen LogP contribution in [0, 0.1) is 24.0 Å². The van der Waals surface area contributed by atoms with Crippen LogP contribution in [0.1, 0.15) is 45.4 Å². The number of aryl methyl sites for hydroxylation is 1. The number of nitrogens with zero attached hydrogens (tertiary/aromatic N) is 5. The molecule has 0 bridgehead atoms. The maximum absolute atomic E-state index is 17.0. The smallest absolute Gasteiger partial charge is 0.410 e. The molecule has 1 saturated heterocycles. The van der Waals surface area contributed by atoms with Gasteiger partial charge in [-0.25, -0.2) is 28.5 Å². The minimum absolute atomic E-state index is 0.00271. The third-order valence-corrected chi connectivity index (χ3v) is 8.73. The topological polar surface area (TPSA) is 89.9 Å². The zero-order chi connectivity index (χ0) is 32.7. The van der Waals surface area contributed by atoms with Crippen molar-refractivity contribution in [1.82, 2.24) is 19.9 Å². The third kappa shape index (κ3) is 5.89. The molecular weight excluding hydrogens is 612 g/mol. The Morgan fingerprint density at radius 3 is 2.67 bits per heavy atom. The number of piperazine rings is 1. The van der Waals surface area contributed by atoms with Crippen molar-refractivity contribution in [3.63, 3.8) is 0 Å². The number of hydrogen-bond donors (Lipinski definition) is 0. The summed E-state index contributed by atoms with van der Waals surface area (Å²) in [5.74, 6) is 2.85. The summed E-state index contributed by atoms with van der Waals surface area (Å²) in [5.41, 5.74) is 0.408. The summed E-state index contributed by atoms with van der Waals surface area (Å²) >= 11 is 1.41.